The van der Waals surface area contributed by atoms with Crippen LogP contribution in [0.15, 0.2) is 0 Å². The highest BCUT2D eigenvalue weighted by Crippen LogP contribution is 2.06. The maximum absolute atomic E-state index is 5.00. The van der Waals surface area contributed by atoms with Crippen LogP contribution in [0.1, 0.15) is 0 Å². The lowest BCUT2D eigenvalue weighted by atomic mass is 11.8. The van der Waals surface area contributed by atoms with Gasteiger partial charge in [-0.15, -0.1) is 0 Å². The fraction of sp³-hybridized carbons (Fsp3) is 1.00. The van der Waals surface area contributed by atoms with Crippen molar-refractivity contribution < 1.29 is 26.6 Å². The summed E-state index contributed by atoms with van der Waals surface area (Å²) in [7, 11) is 5.42. The van der Waals surface area contributed by atoms with Crippen molar-refractivity contribution in [3.8, 4) is 0 Å². The van der Waals surface area contributed by atoms with E-state index in [9.17, 15) is 0 Å². The van der Waals surface area contributed by atoms with Gasteiger partial charge in [0.15, 0.2) is 0 Å². The third-order valence-corrected chi connectivity index (χ3v) is 6.27. The zero-order valence-electron chi connectivity index (χ0n) is 10.7. The van der Waals surface area contributed by atoms with Crippen molar-refractivity contribution in [2.45, 2.75) is 0 Å². The summed E-state index contributed by atoms with van der Waals surface area (Å²) >= 11 is 4.03. The van der Waals surface area contributed by atoms with Gasteiger partial charge >= 0.3 is 18.3 Å². The molecule has 0 aliphatic rings. The van der Waals surface area contributed by atoms with E-state index >= 15 is 0 Å². The van der Waals surface area contributed by atoms with Crippen molar-refractivity contribution in [3.63, 3.8) is 0 Å². The van der Waals surface area contributed by atoms with E-state index in [1.165, 1.54) is 0 Å². The Morgan fingerprint density at radius 3 is 1.12 bits per heavy atom. The molecule has 0 rings (SSSR count). The maximum atomic E-state index is 5.00. The molecule has 0 aliphatic carbocycles. The van der Waals surface area contributed by atoms with Crippen molar-refractivity contribution in [2.75, 3.05) is 48.0 Å². The van der Waals surface area contributed by atoms with Gasteiger partial charge in [-0.25, -0.2) is 0 Å². The lowest BCUT2D eigenvalue weighted by molar-refractivity contribution is 0.131. The van der Waals surface area contributed by atoms with E-state index < -0.39 is 18.3 Å². The Kier molecular flexibility index (Phi) is 14.2. The van der Waals surface area contributed by atoms with E-state index in [-0.39, 0.29) is 0 Å². The van der Waals surface area contributed by atoms with E-state index in [2.05, 4.69) is 12.6 Å². The summed E-state index contributed by atoms with van der Waals surface area (Å²) in [5, 5.41) is 0.510. The second-order valence-electron chi connectivity index (χ2n) is 2.45. The predicted octanol–water partition coefficient (Wildman–Crippen LogP) is -0.0237. The molecule has 0 aromatic carbocycles. The molecule has 0 aromatic rings. The molecule has 0 saturated carbocycles. The molecule has 0 aliphatic heterocycles. The van der Waals surface area contributed by atoms with Crippen molar-refractivity contribution in [2.24, 2.45) is 0 Å². The SMILES string of the molecule is CO[SiH](OC)OC.CO[Si](CS)(OC)OC. The molecule has 0 fully saturated rings. The first-order valence-corrected chi connectivity index (χ1v) is 8.42. The van der Waals surface area contributed by atoms with Gasteiger partial charge in [0.1, 0.15) is 0 Å². The van der Waals surface area contributed by atoms with Crippen molar-refractivity contribution in [1.82, 2.24) is 0 Å². The van der Waals surface area contributed by atoms with Crippen molar-refractivity contribution >= 4 is 31.0 Å². The molecule has 0 heterocycles. The standard InChI is InChI=1S/C4H12O3SSi.C3H10O3Si/c1-5-9(4-8,6-2)7-3;1-4-7(5-2)6-3/h8H,4H2,1-3H3;7H,1-3H3. The fourth-order valence-electron chi connectivity index (χ4n) is 0.732. The zero-order valence-corrected chi connectivity index (χ0v) is 13.7. The normalized spacial score (nSPS) is 11.2. The molecule has 0 N–H and O–H groups in total. The summed E-state index contributed by atoms with van der Waals surface area (Å²) in [4.78, 5) is 0. The van der Waals surface area contributed by atoms with Gasteiger partial charge in [-0.1, -0.05) is 0 Å². The first kappa shape index (κ1) is 18.9. The Bertz CT molecular complexity index is 122. The third-order valence-electron chi connectivity index (χ3n) is 1.70. The molecule has 0 amide bonds. The van der Waals surface area contributed by atoms with Gasteiger partial charge in [0.2, 0.25) is 0 Å². The van der Waals surface area contributed by atoms with Gasteiger partial charge in [-0.05, 0) is 0 Å². The molecule has 16 heavy (non-hydrogen) atoms. The Hall–Kier alpha value is 0.544. The van der Waals surface area contributed by atoms with E-state index in [1.54, 1.807) is 42.7 Å². The molecular formula is C7H22O6SSi2. The minimum Gasteiger partial charge on any atom is -0.379 e. The first-order valence-electron chi connectivity index (χ1n) is 4.44. The molecule has 9 heteroatoms. The van der Waals surface area contributed by atoms with Crippen molar-refractivity contribution in [3.05, 3.63) is 0 Å². The van der Waals surface area contributed by atoms with Crippen LogP contribution < -0.4 is 0 Å². The lowest BCUT2D eigenvalue weighted by Crippen LogP contribution is -2.45. The minimum atomic E-state index is -2.33. The van der Waals surface area contributed by atoms with Crippen LogP contribution in [0.3, 0.4) is 0 Å². The van der Waals surface area contributed by atoms with E-state index in [0.717, 1.165) is 0 Å². The second-order valence-corrected chi connectivity index (χ2v) is 8.30. The third kappa shape index (κ3) is 7.76. The van der Waals surface area contributed by atoms with Crippen LogP contribution in [-0.2, 0) is 26.6 Å². The largest absolute Gasteiger partial charge is 0.510 e. The molecule has 0 atom stereocenters. The number of thiol groups is 1. The number of hydrogen-bond donors (Lipinski definition) is 1. The van der Waals surface area contributed by atoms with Crippen LogP contribution >= 0.6 is 12.6 Å². The molecule has 0 radical (unpaired) electrons. The fourth-order valence-corrected chi connectivity index (χ4v) is 3.36. The van der Waals surface area contributed by atoms with Gasteiger partial charge in [0.05, 0.1) is 5.38 Å². The summed E-state index contributed by atoms with van der Waals surface area (Å²) in [6, 6.07) is 0. The summed E-state index contributed by atoms with van der Waals surface area (Å²) in [6.07, 6.45) is 0. The molecule has 100 valence electrons. The monoisotopic (exact) mass is 290 g/mol. The summed E-state index contributed by atoms with van der Waals surface area (Å²) < 4.78 is 29.2. The van der Waals surface area contributed by atoms with Crippen LogP contribution in [0.2, 0.25) is 0 Å². The van der Waals surface area contributed by atoms with E-state index in [0.29, 0.717) is 5.38 Å². The van der Waals surface area contributed by atoms with Gasteiger partial charge in [-0.2, -0.15) is 12.6 Å². The second kappa shape index (κ2) is 12.0. The molecule has 0 aromatic heterocycles. The smallest absolute Gasteiger partial charge is 0.379 e. The summed E-state index contributed by atoms with van der Waals surface area (Å²) in [6.45, 7) is 0. The van der Waals surface area contributed by atoms with Gasteiger partial charge in [0, 0.05) is 42.7 Å². The summed E-state index contributed by atoms with van der Waals surface area (Å²) in [5.74, 6) is 0. The Balaban J connectivity index is 0. The predicted molar refractivity (Wildman–Crippen MR) is 68.8 cm³/mol. The van der Waals surface area contributed by atoms with Gasteiger partial charge in [0.25, 0.3) is 0 Å². The number of rotatable bonds is 7. The molecule has 0 spiro atoms. The van der Waals surface area contributed by atoms with Crippen LogP contribution in [0, 0.1) is 0 Å². The molecule has 0 unspecified atom stereocenters. The van der Waals surface area contributed by atoms with Crippen LogP contribution in [-0.4, -0.2) is 66.4 Å². The highest BCUT2D eigenvalue weighted by molar-refractivity contribution is 7.82. The molecule has 6 nitrogen and oxygen atoms in total. The quantitative estimate of drug-likeness (QED) is 0.525. The van der Waals surface area contributed by atoms with Crippen LogP contribution in [0.5, 0.6) is 0 Å². The Morgan fingerprint density at radius 1 is 0.812 bits per heavy atom. The number of hydrogen-bond acceptors (Lipinski definition) is 7. The van der Waals surface area contributed by atoms with E-state index in [4.69, 9.17) is 26.6 Å². The van der Waals surface area contributed by atoms with Crippen LogP contribution in [0.4, 0.5) is 0 Å². The first-order chi connectivity index (χ1) is 7.59. The minimum absolute atomic E-state index is 0.510. The highest BCUT2D eigenvalue weighted by Gasteiger charge is 2.35. The van der Waals surface area contributed by atoms with Crippen LogP contribution in [0.25, 0.3) is 0 Å². The highest BCUT2D eigenvalue weighted by atomic mass is 32.1. The molecule has 0 saturated heterocycles. The lowest BCUT2D eigenvalue weighted by Gasteiger charge is -2.21. The maximum Gasteiger partial charge on any atom is 0.510 e. The van der Waals surface area contributed by atoms with Crippen molar-refractivity contribution in [1.29, 1.82) is 0 Å². The zero-order chi connectivity index (χ0) is 13.0. The van der Waals surface area contributed by atoms with E-state index in [1.807, 2.05) is 0 Å². The Labute approximate surface area is 106 Å². The van der Waals surface area contributed by atoms with Gasteiger partial charge in [-0.3, -0.25) is 0 Å². The average Bonchev–Trinajstić information content (AvgIpc) is 2.36. The molecular weight excluding hydrogens is 268 g/mol. The topological polar surface area (TPSA) is 55.4 Å². The molecule has 0 bridgehead atoms. The summed E-state index contributed by atoms with van der Waals surface area (Å²) in [5.41, 5.74) is 0. The average molecular weight is 290 g/mol. The Morgan fingerprint density at radius 2 is 1.12 bits per heavy atom. The van der Waals surface area contributed by atoms with Gasteiger partial charge < -0.3 is 26.6 Å².